The number of carbonyl (C=O) groups excluding carboxylic acids is 1. The first-order chi connectivity index (χ1) is 45.8. The van der Waals surface area contributed by atoms with Gasteiger partial charge in [-0.05, 0) is 83.5 Å². The number of rotatable bonds is 57. The van der Waals surface area contributed by atoms with Crippen molar-refractivity contribution < 1.29 is 89.4 Å². The molecular weight excluding hydrogens is 1200 g/mol. The van der Waals surface area contributed by atoms with E-state index in [1.54, 1.807) is 6.08 Å². The molecule has 94 heavy (non-hydrogen) atoms. The third-order valence-corrected chi connectivity index (χ3v) is 18.2. The molecule has 3 aliphatic rings. The van der Waals surface area contributed by atoms with Gasteiger partial charge in [0.2, 0.25) is 5.91 Å². The summed E-state index contributed by atoms with van der Waals surface area (Å²) < 4.78 is 34.3. The lowest BCUT2D eigenvalue weighted by Gasteiger charge is -2.48. The fourth-order valence-electron chi connectivity index (χ4n) is 12.2. The van der Waals surface area contributed by atoms with E-state index in [-0.39, 0.29) is 18.9 Å². The third kappa shape index (κ3) is 36.9. The Bertz CT molecular complexity index is 1980. The largest absolute Gasteiger partial charge is 0.394 e. The van der Waals surface area contributed by atoms with Crippen LogP contribution in [0.15, 0.2) is 72.9 Å². The van der Waals surface area contributed by atoms with Gasteiger partial charge in [-0.25, -0.2) is 0 Å². The van der Waals surface area contributed by atoms with E-state index in [4.69, 9.17) is 28.4 Å². The summed E-state index contributed by atoms with van der Waals surface area (Å²) in [4.78, 5) is 13.4. The van der Waals surface area contributed by atoms with Gasteiger partial charge in [0, 0.05) is 6.42 Å². The fourth-order valence-corrected chi connectivity index (χ4v) is 12.2. The minimum absolute atomic E-state index is 0.214. The molecule has 0 aromatic rings. The number of aliphatic hydroxyl groups excluding tert-OH is 11. The lowest BCUT2D eigenvalue weighted by atomic mass is 9.96. The number of ether oxygens (including phenoxy) is 6. The van der Waals surface area contributed by atoms with Gasteiger partial charge in [0.05, 0.1) is 38.6 Å². The van der Waals surface area contributed by atoms with Gasteiger partial charge in [0.15, 0.2) is 18.9 Å². The molecule has 3 aliphatic heterocycles. The summed E-state index contributed by atoms with van der Waals surface area (Å²) in [5.74, 6) is -0.303. The Balaban J connectivity index is 1.43. The highest BCUT2D eigenvalue weighted by molar-refractivity contribution is 5.76. The maximum Gasteiger partial charge on any atom is 0.220 e. The standard InChI is InChI=1S/C75H133NO18/c1-3-5-7-9-11-13-15-17-19-21-23-24-25-26-27-28-29-30-31-32-33-35-36-38-40-42-44-46-48-50-52-59(80)58(76-63(81)53-51-49-47-45-43-41-39-37-34-22-20-18-16-14-12-10-8-6-4-2)57-89-73-69(87)66(84)71(61(55-78)91-73)94-75-70(88)67(85)72(62(56-79)92-75)93-74-68(86)65(83)64(82)60(54-77)90-74/h12,14,18,20,34-37,42,44,50,52,58-62,64-75,77-80,82-88H,3-11,13,15-17,19,21-33,38-41,43,45-49,51,53-57H2,1-2H3,(H,76,81)/b14-12-,20-18-,36-35+,37-34-,44-42+,52-50+. The van der Waals surface area contributed by atoms with Crippen LogP contribution in [0.4, 0.5) is 0 Å². The summed E-state index contributed by atoms with van der Waals surface area (Å²) in [6.07, 6.45) is 44.6. The quantitative estimate of drug-likeness (QED) is 0.0199. The van der Waals surface area contributed by atoms with Crippen molar-refractivity contribution in [3.05, 3.63) is 72.9 Å². The van der Waals surface area contributed by atoms with Crippen molar-refractivity contribution in [3.63, 3.8) is 0 Å². The summed E-state index contributed by atoms with van der Waals surface area (Å²) in [5.41, 5.74) is 0. The van der Waals surface area contributed by atoms with Gasteiger partial charge in [0.1, 0.15) is 73.2 Å². The Morgan fingerprint density at radius 2 is 0.713 bits per heavy atom. The molecule has 19 nitrogen and oxygen atoms in total. The molecule has 0 aliphatic carbocycles. The average molecular weight is 1340 g/mol. The van der Waals surface area contributed by atoms with Crippen LogP contribution < -0.4 is 5.32 Å². The van der Waals surface area contributed by atoms with E-state index in [9.17, 15) is 61.0 Å². The molecule has 17 atom stereocenters. The minimum Gasteiger partial charge on any atom is -0.394 e. The molecule has 12 N–H and O–H groups in total. The Hall–Kier alpha value is -2.77. The first kappa shape index (κ1) is 85.5. The molecular formula is C75H133NO18. The summed E-state index contributed by atoms with van der Waals surface area (Å²) in [7, 11) is 0. The van der Waals surface area contributed by atoms with Gasteiger partial charge in [-0.2, -0.15) is 0 Å². The summed E-state index contributed by atoms with van der Waals surface area (Å²) >= 11 is 0. The summed E-state index contributed by atoms with van der Waals surface area (Å²) in [5, 5.41) is 121. The second-order valence-electron chi connectivity index (χ2n) is 26.4. The number of carbonyl (C=O) groups is 1. The third-order valence-electron chi connectivity index (χ3n) is 18.2. The van der Waals surface area contributed by atoms with Crippen molar-refractivity contribution in [3.8, 4) is 0 Å². The van der Waals surface area contributed by atoms with Crippen LogP contribution in [0.25, 0.3) is 0 Å². The SMILES string of the molecule is CCCCC/C=C\C/C=C\C/C=C\CCCCCCCCC(=O)NC(COC1OC(CO)C(OC2OC(CO)C(OC3OC(CO)C(O)C(O)C3O)C(O)C2O)C(O)C1O)C(O)/C=C/CC/C=C/CC/C=C/CCCCCCCCCCCCCCCCCCCCCC. The number of unbranched alkanes of at least 4 members (excludes halogenated alkanes) is 31. The molecule has 0 radical (unpaired) electrons. The molecule has 0 aromatic heterocycles. The van der Waals surface area contributed by atoms with Crippen molar-refractivity contribution in [2.45, 2.75) is 369 Å². The first-order valence-corrected chi connectivity index (χ1v) is 37.2. The van der Waals surface area contributed by atoms with Crippen molar-refractivity contribution in [2.24, 2.45) is 0 Å². The fraction of sp³-hybridized carbons (Fsp3) is 0.827. The van der Waals surface area contributed by atoms with Crippen LogP contribution in [0.2, 0.25) is 0 Å². The molecule has 0 bridgehead atoms. The zero-order chi connectivity index (χ0) is 68.2. The molecule has 19 heteroatoms. The van der Waals surface area contributed by atoms with Crippen molar-refractivity contribution in [2.75, 3.05) is 26.4 Å². The van der Waals surface area contributed by atoms with Crippen LogP contribution in [0.3, 0.4) is 0 Å². The molecule has 0 spiro atoms. The Labute approximate surface area is 566 Å². The average Bonchev–Trinajstić information content (AvgIpc) is 0.787. The van der Waals surface area contributed by atoms with Crippen LogP contribution in [0.1, 0.15) is 264 Å². The Kier molecular flexibility index (Phi) is 50.9. The van der Waals surface area contributed by atoms with Crippen LogP contribution in [-0.4, -0.2) is 193 Å². The first-order valence-electron chi connectivity index (χ1n) is 37.2. The van der Waals surface area contributed by atoms with Gasteiger partial charge >= 0.3 is 0 Å². The van der Waals surface area contributed by atoms with Crippen LogP contribution in [0, 0.1) is 0 Å². The highest BCUT2D eigenvalue weighted by atomic mass is 16.8. The number of aliphatic hydroxyl groups is 11. The number of hydrogen-bond donors (Lipinski definition) is 12. The smallest absolute Gasteiger partial charge is 0.220 e. The molecule has 0 saturated carbocycles. The minimum atomic E-state index is -1.99. The Morgan fingerprint density at radius 3 is 1.16 bits per heavy atom. The summed E-state index contributed by atoms with van der Waals surface area (Å²) in [6, 6.07) is -1.01. The van der Waals surface area contributed by atoms with E-state index in [2.05, 4.69) is 79.9 Å². The zero-order valence-electron chi connectivity index (χ0n) is 57.9. The van der Waals surface area contributed by atoms with E-state index >= 15 is 0 Å². The second-order valence-corrected chi connectivity index (χ2v) is 26.4. The normalized spacial score (nSPS) is 27.8. The second kappa shape index (κ2) is 56.0. The van der Waals surface area contributed by atoms with Crippen molar-refractivity contribution in [1.82, 2.24) is 5.32 Å². The summed E-state index contributed by atoms with van der Waals surface area (Å²) in [6.45, 7) is 1.68. The molecule has 1 amide bonds. The van der Waals surface area contributed by atoms with E-state index < -0.39 is 124 Å². The topological polar surface area (TPSA) is 307 Å². The van der Waals surface area contributed by atoms with Gasteiger partial charge in [-0.3, -0.25) is 4.79 Å². The van der Waals surface area contributed by atoms with Gasteiger partial charge in [-0.1, -0.05) is 247 Å². The van der Waals surface area contributed by atoms with E-state index in [0.29, 0.717) is 12.8 Å². The molecule has 546 valence electrons. The number of amides is 1. The van der Waals surface area contributed by atoms with Gasteiger partial charge in [-0.15, -0.1) is 0 Å². The molecule has 3 rings (SSSR count). The highest BCUT2D eigenvalue weighted by Crippen LogP contribution is 2.33. The lowest BCUT2D eigenvalue weighted by molar-refractivity contribution is -0.379. The number of nitrogens with one attached hydrogen (secondary N) is 1. The Morgan fingerprint density at radius 1 is 0.383 bits per heavy atom. The zero-order valence-corrected chi connectivity index (χ0v) is 57.9. The van der Waals surface area contributed by atoms with Crippen molar-refractivity contribution >= 4 is 5.91 Å². The molecule has 3 saturated heterocycles. The number of hydrogen-bond acceptors (Lipinski definition) is 18. The van der Waals surface area contributed by atoms with Crippen molar-refractivity contribution in [1.29, 1.82) is 0 Å². The van der Waals surface area contributed by atoms with E-state index in [1.807, 2.05) is 6.08 Å². The lowest BCUT2D eigenvalue weighted by Crippen LogP contribution is -2.66. The number of allylic oxidation sites excluding steroid dienone is 11. The molecule has 17 unspecified atom stereocenters. The molecule has 3 fully saturated rings. The van der Waals surface area contributed by atoms with Crippen LogP contribution in [-0.2, 0) is 33.2 Å². The van der Waals surface area contributed by atoms with E-state index in [0.717, 1.165) is 83.5 Å². The maximum absolute atomic E-state index is 13.4. The maximum atomic E-state index is 13.4. The monoisotopic (exact) mass is 1340 g/mol. The molecule has 0 aromatic carbocycles. The predicted octanol–water partition coefficient (Wildman–Crippen LogP) is 10.9. The van der Waals surface area contributed by atoms with Gasteiger partial charge < -0.3 is 89.9 Å². The van der Waals surface area contributed by atoms with Crippen LogP contribution in [0.5, 0.6) is 0 Å². The van der Waals surface area contributed by atoms with Crippen LogP contribution >= 0.6 is 0 Å². The van der Waals surface area contributed by atoms with Gasteiger partial charge in [0.25, 0.3) is 0 Å². The highest BCUT2D eigenvalue weighted by Gasteiger charge is 2.53. The molecule has 3 heterocycles. The predicted molar refractivity (Wildman–Crippen MR) is 369 cm³/mol. The van der Waals surface area contributed by atoms with E-state index in [1.165, 1.54) is 148 Å².